The number of hydrogen-bond donors (Lipinski definition) is 2. The fraction of sp³-hybridized carbons (Fsp3) is 0.833. The quantitative estimate of drug-likeness (QED) is 0.768. The number of aliphatic carboxylic acids is 1. The first-order chi connectivity index (χ1) is 7.93. The van der Waals surface area contributed by atoms with E-state index in [1.165, 1.54) is 0 Å². The lowest BCUT2D eigenvalue weighted by Gasteiger charge is -2.39. The Kier molecular flexibility index (Phi) is 4.78. The van der Waals surface area contributed by atoms with Gasteiger partial charge < -0.3 is 15.3 Å². The standard InChI is InChI=1S/C12H22N2O3/c1-4-10(8(2)3)13-12(17)14-6-9(7-14)5-11(15)16/h8-10H,4-7H2,1-3H3,(H,13,17)(H,15,16). The van der Waals surface area contributed by atoms with Gasteiger partial charge in [0.05, 0.1) is 6.42 Å². The third-order valence-electron chi connectivity index (χ3n) is 3.26. The van der Waals surface area contributed by atoms with Gasteiger partial charge in [0.1, 0.15) is 0 Å². The second kappa shape index (κ2) is 5.89. The van der Waals surface area contributed by atoms with Crippen LogP contribution in [-0.4, -0.2) is 41.1 Å². The maximum Gasteiger partial charge on any atom is 0.317 e. The molecular weight excluding hydrogens is 220 g/mol. The molecule has 1 aliphatic heterocycles. The molecule has 0 aromatic heterocycles. The van der Waals surface area contributed by atoms with Crippen molar-refractivity contribution in [3.63, 3.8) is 0 Å². The largest absolute Gasteiger partial charge is 0.481 e. The van der Waals surface area contributed by atoms with Gasteiger partial charge in [-0.1, -0.05) is 20.8 Å². The predicted molar refractivity (Wildman–Crippen MR) is 64.8 cm³/mol. The number of nitrogens with zero attached hydrogens (tertiary/aromatic N) is 1. The Morgan fingerprint density at radius 2 is 2.00 bits per heavy atom. The molecule has 0 spiro atoms. The van der Waals surface area contributed by atoms with Crippen molar-refractivity contribution in [2.75, 3.05) is 13.1 Å². The minimum atomic E-state index is -0.788. The van der Waals surface area contributed by atoms with E-state index in [9.17, 15) is 9.59 Å². The smallest absolute Gasteiger partial charge is 0.317 e. The van der Waals surface area contributed by atoms with Gasteiger partial charge in [0.2, 0.25) is 0 Å². The van der Waals surface area contributed by atoms with Gasteiger partial charge in [-0.3, -0.25) is 4.79 Å². The third-order valence-corrected chi connectivity index (χ3v) is 3.26. The highest BCUT2D eigenvalue weighted by Crippen LogP contribution is 2.19. The summed E-state index contributed by atoms with van der Waals surface area (Å²) >= 11 is 0. The van der Waals surface area contributed by atoms with Crippen molar-refractivity contribution in [3.8, 4) is 0 Å². The van der Waals surface area contributed by atoms with E-state index in [1.807, 2.05) is 6.92 Å². The SMILES string of the molecule is CCC(NC(=O)N1CC(CC(=O)O)C1)C(C)C. The van der Waals surface area contributed by atoms with Crippen molar-refractivity contribution in [1.82, 2.24) is 10.2 Å². The highest BCUT2D eigenvalue weighted by Gasteiger charge is 2.32. The van der Waals surface area contributed by atoms with Crippen LogP contribution >= 0.6 is 0 Å². The number of amides is 2. The first-order valence-corrected chi connectivity index (χ1v) is 6.21. The lowest BCUT2D eigenvalue weighted by molar-refractivity contribution is -0.139. The summed E-state index contributed by atoms with van der Waals surface area (Å²) in [4.78, 5) is 24.0. The van der Waals surface area contributed by atoms with Crippen LogP contribution in [0.2, 0.25) is 0 Å². The average molecular weight is 242 g/mol. The first kappa shape index (κ1) is 13.8. The van der Waals surface area contributed by atoms with Gasteiger partial charge in [0.15, 0.2) is 0 Å². The van der Waals surface area contributed by atoms with Gasteiger partial charge in [-0.2, -0.15) is 0 Å². The molecule has 2 amide bonds. The van der Waals surface area contributed by atoms with Crippen molar-refractivity contribution in [2.24, 2.45) is 11.8 Å². The minimum Gasteiger partial charge on any atom is -0.481 e. The van der Waals surface area contributed by atoms with Gasteiger partial charge in [-0.25, -0.2) is 4.79 Å². The molecule has 1 aliphatic rings. The monoisotopic (exact) mass is 242 g/mol. The summed E-state index contributed by atoms with van der Waals surface area (Å²) in [5.41, 5.74) is 0. The maximum atomic E-state index is 11.8. The fourth-order valence-electron chi connectivity index (χ4n) is 2.10. The summed E-state index contributed by atoms with van der Waals surface area (Å²) < 4.78 is 0. The van der Waals surface area contributed by atoms with E-state index in [0.29, 0.717) is 19.0 Å². The molecule has 0 aromatic rings. The Hall–Kier alpha value is -1.26. The van der Waals surface area contributed by atoms with E-state index in [0.717, 1.165) is 6.42 Å². The number of carboxylic acid groups (broad SMARTS) is 1. The molecule has 17 heavy (non-hydrogen) atoms. The molecule has 98 valence electrons. The molecule has 0 aromatic carbocycles. The predicted octanol–water partition coefficient (Wildman–Crippen LogP) is 1.54. The first-order valence-electron chi connectivity index (χ1n) is 6.21. The van der Waals surface area contributed by atoms with Crippen LogP contribution in [0.25, 0.3) is 0 Å². The average Bonchev–Trinajstić information content (AvgIpc) is 2.18. The van der Waals surface area contributed by atoms with Crippen LogP contribution in [0.1, 0.15) is 33.6 Å². The maximum absolute atomic E-state index is 11.8. The summed E-state index contributed by atoms with van der Waals surface area (Å²) in [5, 5.41) is 11.6. The molecule has 0 radical (unpaired) electrons. The zero-order valence-electron chi connectivity index (χ0n) is 10.8. The number of rotatable bonds is 5. The van der Waals surface area contributed by atoms with Crippen LogP contribution in [0, 0.1) is 11.8 Å². The number of carboxylic acids is 1. The lowest BCUT2D eigenvalue weighted by Crippen LogP contribution is -2.56. The normalized spacial score (nSPS) is 17.8. The van der Waals surface area contributed by atoms with E-state index in [-0.39, 0.29) is 24.4 Å². The number of hydrogen-bond acceptors (Lipinski definition) is 2. The van der Waals surface area contributed by atoms with Crippen molar-refractivity contribution < 1.29 is 14.7 Å². The summed E-state index contributed by atoms with van der Waals surface area (Å²) in [5.74, 6) is -0.249. The molecule has 1 atom stereocenters. The zero-order valence-corrected chi connectivity index (χ0v) is 10.8. The van der Waals surface area contributed by atoms with Crippen LogP contribution in [0.4, 0.5) is 4.79 Å². The van der Waals surface area contributed by atoms with Gasteiger partial charge in [0.25, 0.3) is 0 Å². The number of carbonyl (C=O) groups excluding carboxylic acids is 1. The lowest BCUT2D eigenvalue weighted by atomic mass is 9.96. The molecule has 1 fully saturated rings. The minimum absolute atomic E-state index is 0.0628. The number of carbonyl (C=O) groups is 2. The molecule has 1 unspecified atom stereocenters. The molecule has 0 saturated carbocycles. The second-order valence-electron chi connectivity index (χ2n) is 5.08. The van der Waals surface area contributed by atoms with Crippen LogP contribution < -0.4 is 5.32 Å². The summed E-state index contributed by atoms with van der Waals surface area (Å²) in [7, 11) is 0. The van der Waals surface area contributed by atoms with Gasteiger partial charge >= 0.3 is 12.0 Å². The van der Waals surface area contributed by atoms with E-state index >= 15 is 0 Å². The summed E-state index contributed by atoms with van der Waals surface area (Å²) in [6.07, 6.45) is 1.07. The van der Waals surface area contributed by atoms with Crippen LogP contribution in [0.5, 0.6) is 0 Å². The summed E-state index contributed by atoms with van der Waals surface area (Å²) in [6, 6.07) is 0.133. The molecule has 5 heteroatoms. The molecule has 1 rings (SSSR count). The van der Waals surface area contributed by atoms with E-state index < -0.39 is 5.97 Å². The Bertz CT molecular complexity index is 285. The number of urea groups is 1. The van der Waals surface area contributed by atoms with E-state index in [1.54, 1.807) is 4.90 Å². The number of nitrogens with one attached hydrogen (secondary N) is 1. The highest BCUT2D eigenvalue weighted by molar-refractivity contribution is 5.76. The molecule has 0 bridgehead atoms. The fourth-order valence-corrected chi connectivity index (χ4v) is 2.10. The van der Waals surface area contributed by atoms with Gasteiger partial charge in [-0.15, -0.1) is 0 Å². The van der Waals surface area contributed by atoms with E-state index in [2.05, 4.69) is 19.2 Å². The zero-order chi connectivity index (χ0) is 13.0. The second-order valence-corrected chi connectivity index (χ2v) is 5.08. The van der Waals surface area contributed by atoms with E-state index in [4.69, 9.17) is 5.11 Å². The Morgan fingerprint density at radius 3 is 2.41 bits per heavy atom. The van der Waals surface area contributed by atoms with Crippen molar-refractivity contribution in [3.05, 3.63) is 0 Å². The van der Waals surface area contributed by atoms with Crippen molar-refractivity contribution in [1.29, 1.82) is 0 Å². The summed E-state index contributed by atoms with van der Waals surface area (Å²) in [6.45, 7) is 7.34. The van der Waals surface area contributed by atoms with Crippen molar-refractivity contribution in [2.45, 2.75) is 39.7 Å². The van der Waals surface area contributed by atoms with Crippen LogP contribution in [0.15, 0.2) is 0 Å². The molecule has 0 aliphatic carbocycles. The highest BCUT2D eigenvalue weighted by atomic mass is 16.4. The molecule has 1 saturated heterocycles. The molecule has 1 heterocycles. The Balaban J connectivity index is 2.29. The Morgan fingerprint density at radius 1 is 1.41 bits per heavy atom. The van der Waals surface area contributed by atoms with Gasteiger partial charge in [0, 0.05) is 25.0 Å². The molecular formula is C12H22N2O3. The van der Waals surface area contributed by atoms with Gasteiger partial charge in [-0.05, 0) is 12.3 Å². The molecule has 5 nitrogen and oxygen atoms in total. The molecule has 2 N–H and O–H groups in total. The van der Waals surface area contributed by atoms with Crippen LogP contribution in [0.3, 0.4) is 0 Å². The topological polar surface area (TPSA) is 69.6 Å². The van der Waals surface area contributed by atoms with Crippen molar-refractivity contribution >= 4 is 12.0 Å². The number of likely N-dealkylation sites (tertiary alicyclic amines) is 1. The third kappa shape index (κ3) is 3.91. The Labute approximate surface area is 102 Å². The van der Waals surface area contributed by atoms with Crippen LogP contribution in [-0.2, 0) is 4.79 Å².